The molecule has 2 amide bonds. The van der Waals surface area contributed by atoms with E-state index in [4.69, 9.17) is 23.2 Å². The molecule has 0 aliphatic heterocycles. The Morgan fingerprint density at radius 3 is 1.81 bits per heavy atom. The molecule has 2 N–H and O–H groups in total. The Morgan fingerprint density at radius 1 is 1.00 bits per heavy atom. The SMILES string of the molecule is CCC(CC)C(=O)NCCNC(=O)C(Cl)Cl. The fourth-order valence-corrected chi connectivity index (χ4v) is 1.41. The van der Waals surface area contributed by atoms with Gasteiger partial charge in [-0.3, -0.25) is 9.59 Å². The smallest absolute Gasteiger partial charge is 0.253 e. The standard InChI is InChI=1S/C10H18Cl2N2O2/c1-3-7(4-2)9(15)13-5-6-14-10(16)8(11)12/h7-8H,3-6H2,1-2H3,(H,13,15)(H,14,16). The van der Waals surface area contributed by atoms with E-state index in [1.807, 2.05) is 13.8 Å². The summed E-state index contributed by atoms with van der Waals surface area (Å²) < 4.78 is 0. The summed E-state index contributed by atoms with van der Waals surface area (Å²) in [5.74, 6) is -0.378. The lowest BCUT2D eigenvalue weighted by atomic mass is 10.0. The quantitative estimate of drug-likeness (QED) is 0.543. The van der Waals surface area contributed by atoms with E-state index in [0.717, 1.165) is 12.8 Å². The monoisotopic (exact) mass is 268 g/mol. The summed E-state index contributed by atoms with van der Waals surface area (Å²) in [7, 11) is 0. The summed E-state index contributed by atoms with van der Waals surface area (Å²) in [6, 6.07) is 0. The molecule has 0 aromatic rings. The minimum absolute atomic E-state index is 0.0209. The van der Waals surface area contributed by atoms with Crippen LogP contribution in [-0.4, -0.2) is 29.7 Å². The van der Waals surface area contributed by atoms with E-state index in [1.54, 1.807) is 0 Å². The number of amides is 2. The van der Waals surface area contributed by atoms with Gasteiger partial charge in [-0.2, -0.15) is 0 Å². The van der Waals surface area contributed by atoms with Crippen molar-refractivity contribution in [2.24, 2.45) is 5.92 Å². The van der Waals surface area contributed by atoms with E-state index in [9.17, 15) is 9.59 Å². The Morgan fingerprint density at radius 2 is 1.44 bits per heavy atom. The van der Waals surface area contributed by atoms with Crippen LogP contribution in [-0.2, 0) is 9.59 Å². The van der Waals surface area contributed by atoms with E-state index in [0.29, 0.717) is 13.1 Å². The first-order valence-corrected chi connectivity index (χ1v) is 6.23. The third kappa shape index (κ3) is 6.18. The van der Waals surface area contributed by atoms with Crippen molar-refractivity contribution >= 4 is 35.0 Å². The molecule has 0 aromatic heterocycles. The number of carbonyl (C=O) groups is 2. The minimum atomic E-state index is -1.06. The lowest BCUT2D eigenvalue weighted by Gasteiger charge is -2.13. The highest BCUT2D eigenvalue weighted by atomic mass is 35.5. The molecule has 0 aromatic carbocycles. The third-order valence-electron chi connectivity index (χ3n) is 2.28. The predicted octanol–water partition coefficient (Wildman–Crippen LogP) is 1.46. The molecular weight excluding hydrogens is 251 g/mol. The Bertz CT molecular complexity index is 231. The number of hydrogen-bond donors (Lipinski definition) is 2. The van der Waals surface area contributed by atoms with Crippen LogP contribution >= 0.6 is 23.2 Å². The van der Waals surface area contributed by atoms with Crippen molar-refractivity contribution in [3.05, 3.63) is 0 Å². The van der Waals surface area contributed by atoms with Gasteiger partial charge in [0.15, 0.2) is 4.84 Å². The lowest BCUT2D eigenvalue weighted by Crippen LogP contribution is -2.38. The summed E-state index contributed by atoms with van der Waals surface area (Å²) in [5.41, 5.74) is 0. The van der Waals surface area contributed by atoms with Crippen LogP contribution in [0.25, 0.3) is 0 Å². The van der Waals surface area contributed by atoms with E-state index in [-0.39, 0.29) is 11.8 Å². The summed E-state index contributed by atoms with van der Waals surface area (Å²) in [4.78, 5) is 21.4. The fraction of sp³-hybridized carbons (Fsp3) is 0.800. The highest BCUT2D eigenvalue weighted by Gasteiger charge is 2.13. The normalized spacial score (nSPS) is 10.6. The molecule has 0 unspecified atom stereocenters. The molecule has 0 aliphatic rings. The second-order valence-electron chi connectivity index (χ2n) is 3.40. The first kappa shape index (κ1) is 15.5. The highest BCUT2D eigenvalue weighted by molar-refractivity contribution is 6.53. The van der Waals surface area contributed by atoms with Crippen molar-refractivity contribution in [1.29, 1.82) is 0 Å². The Labute approximate surface area is 106 Å². The first-order chi connectivity index (χ1) is 7.52. The molecule has 0 spiro atoms. The van der Waals surface area contributed by atoms with Gasteiger partial charge in [-0.1, -0.05) is 37.0 Å². The van der Waals surface area contributed by atoms with Crippen LogP contribution in [0.1, 0.15) is 26.7 Å². The van der Waals surface area contributed by atoms with Gasteiger partial charge in [0.2, 0.25) is 5.91 Å². The van der Waals surface area contributed by atoms with E-state index in [1.165, 1.54) is 0 Å². The van der Waals surface area contributed by atoms with Crippen LogP contribution in [0.5, 0.6) is 0 Å². The molecule has 0 saturated heterocycles. The van der Waals surface area contributed by atoms with Crippen LogP contribution < -0.4 is 10.6 Å². The summed E-state index contributed by atoms with van der Waals surface area (Å²) in [6.07, 6.45) is 1.64. The van der Waals surface area contributed by atoms with Gasteiger partial charge in [-0.25, -0.2) is 0 Å². The molecule has 6 heteroatoms. The molecule has 16 heavy (non-hydrogen) atoms. The van der Waals surface area contributed by atoms with Gasteiger partial charge in [0.1, 0.15) is 0 Å². The van der Waals surface area contributed by atoms with Crippen LogP contribution in [0.3, 0.4) is 0 Å². The number of halogens is 2. The number of hydrogen-bond acceptors (Lipinski definition) is 2. The summed E-state index contributed by atoms with van der Waals surface area (Å²) in [5, 5.41) is 5.23. The van der Waals surface area contributed by atoms with Gasteiger partial charge in [0.25, 0.3) is 5.91 Å². The van der Waals surface area contributed by atoms with Crippen molar-refractivity contribution in [2.75, 3.05) is 13.1 Å². The third-order valence-corrected chi connectivity index (χ3v) is 2.67. The van der Waals surface area contributed by atoms with Crippen LogP contribution in [0.15, 0.2) is 0 Å². The second-order valence-corrected chi connectivity index (χ2v) is 4.49. The molecule has 0 rings (SSSR count). The summed E-state index contributed by atoms with van der Waals surface area (Å²) >= 11 is 10.7. The largest absolute Gasteiger partial charge is 0.354 e. The lowest BCUT2D eigenvalue weighted by molar-refractivity contribution is -0.125. The van der Waals surface area contributed by atoms with Crippen molar-refractivity contribution in [1.82, 2.24) is 10.6 Å². The fourth-order valence-electron chi connectivity index (χ4n) is 1.25. The predicted molar refractivity (Wildman–Crippen MR) is 65.6 cm³/mol. The summed E-state index contributed by atoms with van der Waals surface area (Å²) in [6.45, 7) is 4.67. The van der Waals surface area contributed by atoms with Gasteiger partial charge >= 0.3 is 0 Å². The van der Waals surface area contributed by atoms with E-state index < -0.39 is 10.7 Å². The van der Waals surface area contributed by atoms with Gasteiger partial charge in [-0.15, -0.1) is 0 Å². The zero-order chi connectivity index (χ0) is 12.6. The zero-order valence-corrected chi connectivity index (χ0v) is 11.1. The van der Waals surface area contributed by atoms with Crippen LogP contribution in [0.2, 0.25) is 0 Å². The molecule has 0 saturated carbocycles. The van der Waals surface area contributed by atoms with Crippen molar-refractivity contribution in [3.63, 3.8) is 0 Å². The molecule has 0 aliphatic carbocycles. The molecule has 0 heterocycles. The number of nitrogens with one attached hydrogen (secondary N) is 2. The van der Waals surface area contributed by atoms with Crippen LogP contribution in [0.4, 0.5) is 0 Å². The van der Waals surface area contributed by atoms with Gasteiger partial charge < -0.3 is 10.6 Å². The minimum Gasteiger partial charge on any atom is -0.354 e. The maximum Gasteiger partial charge on any atom is 0.253 e. The molecule has 94 valence electrons. The number of alkyl halides is 2. The molecule has 0 bridgehead atoms. The van der Waals surface area contributed by atoms with Gasteiger partial charge in [0.05, 0.1) is 0 Å². The first-order valence-electron chi connectivity index (χ1n) is 5.36. The molecule has 0 fully saturated rings. The van der Waals surface area contributed by atoms with Gasteiger partial charge in [-0.05, 0) is 12.8 Å². The topological polar surface area (TPSA) is 58.2 Å². The molecule has 0 atom stereocenters. The average Bonchev–Trinajstić information content (AvgIpc) is 2.25. The van der Waals surface area contributed by atoms with Gasteiger partial charge in [0, 0.05) is 19.0 Å². The highest BCUT2D eigenvalue weighted by Crippen LogP contribution is 2.06. The van der Waals surface area contributed by atoms with E-state index >= 15 is 0 Å². The second kappa shape index (κ2) is 8.65. The number of rotatable bonds is 7. The Balaban J connectivity index is 3.66. The van der Waals surface area contributed by atoms with Crippen molar-refractivity contribution < 1.29 is 9.59 Å². The van der Waals surface area contributed by atoms with E-state index in [2.05, 4.69) is 10.6 Å². The molecular formula is C10H18Cl2N2O2. The average molecular weight is 269 g/mol. The Hall–Kier alpha value is -0.480. The Kier molecular flexibility index (Phi) is 8.39. The van der Waals surface area contributed by atoms with Crippen molar-refractivity contribution in [3.8, 4) is 0 Å². The molecule has 4 nitrogen and oxygen atoms in total. The number of carbonyl (C=O) groups excluding carboxylic acids is 2. The zero-order valence-electron chi connectivity index (χ0n) is 9.56. The maximum absolute atomic E-state index is 11.5. The van der Waals surface area contributed by atoms with Crippen molar-refractivity contribution in [2.45, 2.75) is 31.5 Å². The maximum atomic E-state index is 11.5. The molecule has 0 radical (unpaired) electrons. The van der Waals surface area contributed by atoms with Crippen LogP contribution in [0, 0.1) is 5.92 Å².